The predicted octanol–water partition coefficient (Wildman–Crippen LogP) is 6.42. The first-order valence-corrected chi connectivity index (χ1v) is 11.5. The van der Waals surface area contributed by atoms with Gasteiger partial charge in [0.25, 0.3) is 0 Å². The molecule has 0 unspecified atom stereocenters. The van der Waals surface area contributed by atoms with Crippen molar-refractivity contribution in [1.82, 2.24) is 4.98 Å². The van der Waals surface area contributed by atoms with Crippen molar-refractivity contribution < 1.29 is 44.2 Å². The number of nitrogens with two attached hydrogens (primary N) is 1. The first kappa shape index (κ1) is 25.2. The molecule has 0 saturated carbocycles. The van der Waals surface area contributed by atoms with Crippen molar-refractivity contribution >= 4 is 26.4 Å². The maximum absolute atomic E-state index is 13.6. The van der Waals surface area contributed by atoms with E-state index in [0.29, 0.717) is 17.9 Å². The quantitative estimate of drug-likeness (QED) is 0.229. The van der Waals surface area contributed by atoms with Crippen LogP contribution in [0.15, 0.2) is 70.6 Å². The fourth-order valence-corrected chi connectivity index (χ4v) is 5.00. The maximum Gasteiger partial charge on any atom is 0.421 e. The van der Waals surface area contributed by atoms with Crippen LogP contribution in [-0.2, 0) is 22.2 Å². The van der Waals surface area contributed by atoms with Crippen LogP contribution in [0.5, 0.6) is 17.2 Å². The lowest BCUT2D eigenvalue weighted by Gasteiger charge is -2.20. The maximum atomic E-state index is 13.6. The summed E-state index contributed by atoms with van der Waals surface area (Å²) in [5, 5.41) is -0.00524. The van der Waals surface area contributed by atoms with Gasteiger partial charge in [0.2, 0.25) is 9.84 Å². The van der Waals surface area contributed by atoms with Gasteiger partial charge >= 0.3 is 12.4 Å². The van der Waals surface area contributed by atoms with Gasteiger partial charge < -0.3 is 20.2 Å². The van der Waals surface area contributed by atoms with E-state index < -0.39 is 50.5 Å². The number of benzene rings is 3. The van der Waals surface area contributed by atoms with Crippen molar-refractivity contribution in [2.24, 2.45) is 0 Å². The van der Waals surface area contributed by atoms with Gasteiger partial charge in [-0.1, -0.05) is 0 Å². The van der Waals surface area contributed by atoms with Gasteiger partial charge in [0.15, 0.2) is 5.75 Å². The van der Waals surface area contributed by atoms with Crippen molar-refractivity contribution in [1.29, 1.82) is 0 Å². The van der Waals surface area contributed by atoms with E-state index in [1.54, 1.807) is 0 Å². The van der Waals surface area contributed by atoms with E-state index in [0.717, 1.165) is 18.3 Å². The summed E-state index contributed by atoms with van der Waals surface area (Å²) in [6.45, 7) is 0. The van der Waals surface area contributed by atoms with E-state index in [-0.39, 0.29) is 20.7 Å². The summed E-state index contributed by atoms with van der Waals surface area (Å²) >= 11 is 0. The van der Waals surface area contributed by atoms with E-state index in [2.05, 4.69) is 4.98 Å². The summed E-state index contributed by atoms with van der Waals surface area (Å²) in [6.07, 6.45) is -9.29. The molecule has 0 atom stereocenters. The van der Waals surface area contributed by atoms with Gasteiger partial charge in [-0.3, -0.25) is 0 Å². The Bertz CT molecular complexity index is 1540. The summed E-state index contributed by atoms with van der Waals surface area (Å²) in [7, 11) is -2.73. The highest BCUT2D eigenvalue weighted by molar-refractivity contribution is 7.91. The lowest BCUT2D eigenvalue weighted by Crippen LogP contribution is -2.16. The summed E-state index contributed by atoms with van der Waals surface area (Å²) in [5.74, 6) is -1.59. The van der Waals surface area contributed by atoms with E-state index >= 15 is 0 Å². The number of aromatic amines is 1. The number of halogens is 6. The second-order valence-corrected chi connectivity index (χ2v) is 9.46. The van der Waals surface area contributed by atoms with E-state index in [9.17, 15) is 34.8 Å². The van der Waals surface area contributed by atoms with Crippen molar-refractivity contribution in [2.75, 3.05) is 12.8 Å². The Morgan fingerprint density at radius 1 is 0.861 bits per heavy atom. The number of sulfone groups is 1. The molecule has 4 rings (SSSR count). The van der Waals surface area contributed by atoms with Crippen molar-refractivity contribution in [3.05, 3.63) is 71.9 Å². The molecule has 0 saturated heterocycles. The Hall–Kier alpha value is -3.87. The molecule has 4 aromatic rings. The van der Waals surface area contributed by atoms with Gasteiger partial charge in [-0.05, 0) is 54.6 Å². The minimum absolute atomic E-state index is 0.00524. The largest absolute Gasteiger partial charge is 0.497 e. The number of methoxy groups -OCH3 is 1. The summed E-state index contributed by atoms with van der Waals surface area (Å²) < 4.78 is 118. The van der Waals surface area contributed by atoms with Crippen LogP contribution in [0.2, 0.25) is 0 Å². The summed E-state index contributed by atoms with van der Waals surface area (Å²) in [6, 6.07) is 9.72. The van der Waals surface area contributed by atoms with Crippen LogP contribution in [0.3, 0.4) is 0 Å². The number of ether oxygens (including phenoxy) is 2. The fraction of sp³-hybridized carbons (Fsp3) is 0.130. The number of anilines is 1. The first-order chi connectivity index (χ1) is 16.7. The smallest absolute Gasteiger partial charge is 0.421 e. The van der Waals surface area contributed by atoms with Gasteiger partial charge in [-0.25, -0.2) is 8.42 Å². The number of hydrogen-bond acceptors (Lipinski definition) is 5. The lowest BCUT2D eigenvalue weighted by molar-refractivity contribution is -0.144. The third kappa shape index (κ3) is 4.53. The average Bonchev–Trinajstić information content (AvgIpc) is 3.21. The van der Waals surface area contributed by atoms with Crippen LogP contribution in [0.1, 0.15) is 11.1 Å². The van der Waals surface area contributed by atoms with Crippen molar-refractivity contribution in [3.8, 4) is 17.2 Å². The fourth-order valence-electron chi connectivity index (χ4n) is 3.58. The third-order valence-corrected chi connectivity index (χ3v) is 7.08. The highest BCUT2D eigenvalue weighted by Crippen LogP contribution is 2.48. The van der Waals surface area contributed by atoms with E-state index in [1.165, 1.54) is 37.4 Å². The van der Waals surface area contributed by atoms with Crippen LogP contribution >= 0.6 is 0 Å². The third-order valence-electron chi connectivity index (χ3n) is 5.27. The second-order valence-electron chi connectivity index (χ2n) is 7.54. The standard InChI is InChI=1S/C23H16F6N2O4S/c1-34-12-2-5-14(6-3-12)36(32,33)19-11-31-18-9-4-13(10-15(18)19)35-21-16(22(24,25)26)7-8-17(30)20(21)23(27,28)29/h2-11,31H,30H2,1H3. The molecule has 6 nitrogen and oxygen atoms in total. The molecule has 0 aliphatic carbocycles. The molecule has 190 valence electrons. The van der Waals surface area contributed by atoms with Crippen LogP contribution < -0.4 is 15.2 Å². The number of nitrogen functional groups attached to an aromatic ring is 1. The number of H-pyrrole nitrogens is 1. The van der Waals surface area contributed by atoms with Gasteiger partial charge in [-0.15, -0.1) is 0 Å². The lowest BCUT2D eigenvalue weighted by atomic mass is 10.1. The van der Waals surface area contributed by atoms with Gasteiger partial charge in [0.1, 0.15) is 17.1 Å². The molecule has 1 aromatic heterocycles. The summed E-state index contributed by atoms with van der Waals surface area (Å²) in [4.78, 5) is 2.36. The molecule has 0 amide bonds. The minimum Gasteiger partial charge on any atom is -0.497 e. The van der Waals surface area contributed by atoms with Gasteiger partial charge in [0.05, 0.1) is 22.5 Å². The molecule has 36 heavy (non-hydrogen) atoms. The molecular weight excluding hydrogens is 514 g/mol. The molecule has 13 heteroatoms. The number of alkyl halides is 6. The molecule has 0 spiro atoms. The molecule has 0 aliphatic heterocycles. The normalized spacial score (nSPS) is 12.6. The molecule has 1 heterocycles. The Morgan fingerprint density at radius 2 is 1.50 bits per heavy atom. The van der Waals surface area contributed by atoms with Crippen molar-refractivity contribution in [2.45, 2.75) is 22.1 Å². The topological polar surface area (TPSA) is 94.4 Å². The predicted molar refractivity (Wildman–Crippen MR) is 118 cm³/mol. The first-order valence-electron chi connectivity index (χ1n) is 9.98. The van der Waals surface area contributed by atoms with Crippen molar-refractivity contribution in [3.63, 3.8) is 0 Å². The highest BCUT2D eigenvalue weighted by atomic mass is 32.2. The molecule has 3 aromatic carbocycles. The number of aromatic nitrogens is 1. The number of nitrogens with one attached hydrogen (secondary N) is 1. The molecule has 0 bridgehead atoms. The Balaban J connectivity index is 1.85. The van der Waals surface area contributed by atoms with Gasteiger partial charge in [-0.2, -0.15) is 26.3 Å². The minimum atomic E-state index is -5.26. The highest BCUT2D eigenvalue weighted by Gasteiger charge is 2.44. The van der Waals surface area contributed by atoms with Crippen LogP contribution in [-0.4, -0.2) is 20.5 Å². The van der Waals surface area contributed by atoms with Crippen LogP contribution in [0.4, 0.5) is 32.0 Å². The number of hydrogen-bond donors (Lipinski definition) is 2. The zero-order chi connectivity index (χ0) is 26.5. The molecule has 3 N–H and O–H groups in total. The van der Waals surface area contributed by atoms with Crippen LogP contribution in [0, 0.1) is 0 Å². The molecule has 0 radical (unpaired) electrons. The average molecular weight is 530 g/mol. The Morgan fingerprint density at radius 3 is 2.08 bits per heavy atom. The molecular formula is C23H16F6N2O4S. The second kappa shape index (κ2) is 8.66. The molecule has 0 aliphatic rings. The summed E-state index contributed by atoms with van der Waals surface area (Å²) in [5.41, 5.74) is 1.17. The molecule has 0 fully saturated rings. The van der Waals surface area contributed by atoms with Gasteiger partial charge in [0, 0.05) is 22.8 Å². The number of rotatable bonds is 5. The Kier molecular flexibility index (Phi) is 6.07. The van der Waals surface area contributed by atoms with Crippen LogP contribution in [0.25, 0.3) is 10.9 Å². The Labute approximate surface area is 200 Å². The van der Waals surface area contributed by atoms with E-state index in [1.807, 2.05) is 0 Å². The monoisotopic (exact) mass is 530 g/mol. The zero-order valence-corrected chi connectivity index (χ0v) is 19.0. The SMILES string of the molecule is COc1ccc(S(=O)(=O)c2c[nH]c3ccc(Oc4c(C(F)(F)F)ccc(N)c4C(F)(F)F)cc23)cc1. The number of fused-ring (bicyclic) bond motifs is 1. The van der Waals surface area contributed by atoms with E-state index in [4.69, 9.17) is 15.2 Å². The zero-order valence-electron chi connectivity index (χ0n) is 18.2.